The number of rotatable bonds is 6. The van der Waals surface area contributed by atoms with Gasteiger partial charge in [-0.15, -0.1) is 0 Å². The molecule has 2 aliphatic rings. The van der Waals surface area contributed by atoms with E-state index in [9.17, 15) is 13.2 Å². The van der Waals surface area contributed by atoms with Crippen LogP contribution in [0, 0.1) is 11.8 Å². The minimum Gasteiger partial charge on any atom is -0.349 e. The van der Waals surface area contributed by atoms with Crippen molar-refractivity contribution in [3.63, 3.8) is 0 Å². The molecule has 1 aromatic carbocycles. The number of sulfonamides is 1. The molecule has 1 amide bonds. The van der Waals surface area contributed by atoms with Crippen molar-refractivity contribution in [3.8, 4) is 0 Å². The summed E-state index contributed by atoms with van der Waals surface area (Å²) in [7, 11) is -3.32. The van der Waals surface area contributed by atoms with Crippen LogP contribution in [-0.2, 0) is 10.0 Å². The molecule has 3 rings (SSSR count). The zero-order chi connectivity index (χ0) is 18.7. The molecule has 2 bridgehead atoms. The summed E-state index contributed by atoms with van der Waals surface area (Å²) < 4.78 is 26.2. The number of nitrogens with one attached hydrogen (secondary N) is 2. The van der Waals surface area contributed by atoms with E-state index in [1.54, 1.807) is 24.3 Å². The largest absolute Gasteiger partial charge is 0.349 e. The first-order valence-corrected chi connectivity index (χ1v) is 11.2. The highest BCUT2D eigenvalue weighted by Gasteiger charge is 2.39. The number of hydrogen-bond acceptors (Lipinski definition) is 4. The van der Waals surface area contributed by atoms with Gasteiger partial charge in [0.25, 0.3) is 5.91 Å². The summed E-state index contributed by atoms with van der Waals surface area (Å²) in [6.45, 7) is 1.82. The maximum Gasteiger partial charge on any atom is 0.251 e. The first-order valence-electron chi connectivity index (χ1n) is 9.55. The molecule has 4 N–H and O–H groups in total. The predicted octanol–water partition coefficient (Wildman–Crippen LogP) is 2.47. The lowest BCUT2D eigenvalue weighted by atomic mass is 9.67. The minimum atomic E-state index is -3.32. The second-order valence-corrected chi connectivity index (χ2v) is 9.52. The molecule has 2 aliphatic carbocycles. The monoisotopic (exact) mass is 379 g/mol. The van der Waals surface area contributed by atoms with Gasteiger partial charge in [0.15, 0.2) is 0 Å². The SMILES string of the molecule is CCCS(=O)(=O)Nc1ccc(C(=O)NC2C3CCCC2CC(N)C3)cc1. The molecule has 0 aromatic heterocycles. The summed E-state index contributed by atoms with van der Waals surface area (Å²) in [6.07, 6.45) is 6.02. The molecule has 0 aliphatic heterocycles. The number of benzene rings is 1. The first kappa shape index (κ1) is 19.2. The van der Waals surface area contributed by atoms with E-state index < -0.39 is 10.0 Å². The van der Waals surface area contributed by atoms with Gasteiger partial charge in [-0.25, -0.2) is 8.42 Å². The maximum absolute atomic E-state index is 12.6. The number of hydrogen-bond donors (Lipinski definition) is 3. The van der Waals surface area contributed by atoms with Gasteiger partial charge in [-0.05, 0) is 68.2 Å². The van der Waals surface area contributed by atoms with Gasteiger partial charge in [-0.1, -0.05) is 13.3 Å². The van der Waals surface area contributed by atoms with Crippen molar-refractivity contribution < 1.29 is 13.2 Å². The summed E-state index contributed by atoms with van der Waals surface area (Å²) in [5.74, 6) is 0.940. The Hall–Kier alpha value is -1.60. The Bertz CT molecular complexity index is 719. The fraction of sp³-hybridized carbons (Fsp3) is 0.632. The third-order valence-corrected chi connectivity index (χ3v) is 7.06. The number of fused-ring (bicyclic) bond motifs is 2. The molecule has 26 heavy (non-hydrogen) atoms. The van der Waals surface area contributed by atoms with Gasteiger partial charge in [-0.3, -0.25) is 9.52 Å². The van der Waals surface area contributed by atoms with Crippen molar-refractivity contribution >= 4 is 21.6 Å². The van der Waals surface area contributed by atoms with Gasteiger partial charge < -0.3 is 11.1 Å². The molecule has 0 radical (unpaired) electrons. The van der Waals surface area contributed by atoms with E-state index in [4.69, 9.17) is 5.73 Å². The summed E-state index contributed by atoms with van der Waals surface area (Å²) in [5, 5.41) is 3.21. The van der Waals surface area contributed by atoms with Crippen LogP contribution >= 0.6 is 0 Å². The Morgan fingerprint density at radius 2 is 1.77 bits per heavy atom. The molecule has 144 valence electrons. The van der Waals surface area contributed by atoms with Crippen LogP contribution in [0.15, 0.2) is 24.3 Å². The molecule has 2 fully saturated rings. The van der Waals surface area contributed by atoms with Crippen molar-refractivity contribution in [2.24, 2.45) is 17.6 Å². The third-order valence-electron chi connectivity index (χ3n) is 5.57. The van der Waals surface area contributed by atoms with Gasteiger partial charge in [-0.2, -0.15) is 0 Å². The fourth-order valence-electron chi connectivity index (χ4n) is 4.45. The molecule has 0 heterocycles. The Morgan fingerprint density at radius 3 is 2.35 bits per heavy atom. The zero-order valence-electron chi connectivity index (χ0n) is 15.3. The molecule has 1 aromatic rings. The van der Waals surface area contributed by atoms with Crippen LogP contribution in [0.25, 0.3) is 0 Å². The highest BCUT2D eigenvalue weighted by atomic mass is 32.2. The number of anilines is 1. The molecule has 6 nitrogen and oxygen atoms in total. The minimum absolute atomic E-state index is 0.0852. The summed E-state index contributed by atoms with van der Waals surface area (Å²) in [5.41, 5.74) is 7.18. The molecule has 0 saturated heterocycles. The second-order valence-electron chi connectivity index (χ2n) is 7.68. The summed E-state index contributed by atoms with van der Waals surface area (Å²) >= 11 is 0. The van der Waals surface area contributed by atoms with Crippen LogP contribution in [0.2, 0.25) is 0 Å². The van der Waals surface area contributed by atoms with Crippen molar-refractivity contribution in [2.75, 3.05) is 10.5 Å². The van der Waals surface area contributed by atoms with E-state index in [2.05, 4.69) is 10.0 Å². The normalized spacial score (nSPS) is 28.4. The number of carbonyl (C=O) groups is 1. The number of nitrogens with two attached hydrogens (primary N) is 1. The van der Waals surface area contributed by atoms with Crippen molar-refractivity contribution in [1.29, 1.82) is 0 Å². The van der Waals surface area contributed by atoms with Gasteiger partial charge in [0.2, 0.25) is 10.0 Å². The van der Waals surface area contributed by atoms with Crippen molar-refractivity contribution in [2.45, 2.75) is 57.5 Å². The first-order chi connectivity index (χ1) is 12.4. The highest BCUT2D eigenvalue weighted by molar-refractivity contribution is 7.92. The fourth-order valence-corrected chi connectivity index (χ4v) is 5.58. The van der Waals surface area contributed by atoms with E-state index in [0.717, 1.165) is 25.7 Å². The molecule has 2 unspecified atom stereocenters. The molecular formula is C19H29N3O3S. The van der Waals surface area contributed by atoms with E-state index >= 15 is 0 Å². The Labute approximate surface area is 156 Å². The average molecular weight is 380 g/mol. The van der Waals surface area contributed by atoms with Gasteiger partial charge in [0.1, 0.15) is 0 Å². The topological polar surface area (TPSA) is 101 Å². The standard InChI is InChI=1S/C19H29N3O3S/c1-2-10-26(24,25)22-17-8-6-13(7-9-17)19(23)21-18-14-4-3-5-15(18)12-16(20)11-14/h6-9,14-16,18,22H,2-5,10-12,20H2,1H3,(H,21,23). The van der Waals surface area contributed by atoms with Crippen LogP contribution in [0.5, 0.6) is 0 Å². The number of carbonyl (C=O) groups excluding carboxylic acids is 1. The Kier molecular flexibility index (Phi) is 5.87. The van der Waals surface area contributed by atoms with Gasteiger partial charge in [0, 0.05) is 23.3 Å². The molecule has 2 saturated carbocycles. The van der Waals surface area contributed by atoms with Crippen molar-refractivity contribution in [1.82, 2.24) is 5.32 Å². The van der Waals surface area contributed by atoms with Crippen LogP contribution in [0.3, 0.4) is 0 Å². The number of amides is 1. The predicted molar refractivity (Wildman–Crippen MR) is 103 cm³/mol. The van der Waals surface area contributed by atoms with Crippen LogP contribution in [0.4, 0.5) is 5.69 Å². The van der Waals surface area contributed by atoms with E-state index in [1.165, 1.54) is 6.42 Å². The Morgan fingerprint density at radius 1 is 1.15 bits per heavy atom. The van der Waals surface area contributed by atoms with Gasteiger partial charge in [0.05, 0.1) is 5.75 Å². The van der Waals surface area contributed by atoms with Crippen LogP contribution in [0.1, 0.15) is 55.8 Å². The zero-order valence-corrected chi connectivity index (χ0v) is 16.1. The quantitative estimate of drug-likeness (QED) is 0.707. The molecule has 2 atom stereocenters. The van der Waals surface area contributed by atoms with E-state index in [1.807, 2.05) is 6.92 Å². The molecular weight excluding hydrogens is 350 g/mol. The average Bonchev–Trinajstić information content (AvgIpc) is 2.55. The van der Waals surface area contributed by atoms with Crippen molar-refractivity contribution in [3.05, 3.63) is 29.8 Å². The Balaban J connectivity index is 1.63. The molecule has 0 spiro atoms. The second kappa shape index (κ2) is 7.96. The highest BCUT2D eigenvalue weighted by Crippen LogP contribution is 2.39. The summed E-state index contributed by atoms with van der Waals surface area (Å²) in [6, 6.07) is 7.08. The third kappa shape index (κ3) is 4.57. The lowest BCUT2D eigenvalue weighted by Crippen LogP contribution is -2.53. The summed E-state index contributed by atoms with van der Waals surface area (Å²) in [4.78, 5) is 12.6. The van der Waals surface area contributed by atoms with Crippen LogP contribution in [-0.4, -0.2) is 32.2 Å². The smallest absolute Gasteiger partial charge is 0.251 e. The lowest BCUT2D eigenvalue weighted by Gasteiger charge is -2.45. The van der Waals surface area contributed by atoms with Crippen LogP contribution < -0.4 is 15.8 Å². The van der Waals surface area contributed by atoms with E-state index in [-0.39, 0.29) is 23.7 Å². The lowest BCUT2D eigenvalue weighted by molar-refractivity contribution is 0.0756. The maximum atomic E-state index is 12.6. The molecule has 7 heteroatoms. The van der Waals surface area contributed by atoms with E-state index in [0.29, 0.717) is 29.5 Å². The van der Waals surface area contributed by atoms with Gasteiger partial charge >= 0.3 is 0 Å².